The Bertz CT molecular complexity index is 559. The van der Waals surface area contributed by atoms with E-state index in [1.807, 2.05) is 48.9 Å². The van der Waals surface area contributed by atoms with Crippen molar-refractivity contribution < 1.29 is 0 Å². The summed E-state index contributed by atoms with van der Waals surface area (Å²) in [6.45, 7) is 1.93. The minimum Gasteiger partial charge on any atom is -0.384 e. The van der Waals surface area contributed by atoms with Crippen LogP contribution in [0.15, 0.2) is 30.3 Å². The molecule has 0 saturated heterocycles. The summed E-state index contributed by atoms with van der Waals surface area (Å²) < 4.78 is 1.86. The fourth-order valence-electron chi connectivity index (χ4n) is 2.00. The molecular weight excluding hydrogens is 198 g/mol. The lowest BCUT2D eigenvalue weighted by molar-refractivity contribution is 0.946. The van der Waals surface area contributed by atoms with Gasteiger partial charge in [0.05, 0.1) is 11.3 Å². The van der Waals surface area contributed by atoms with E-state index in [1.165, 1.54) is 0 Å². The molecular formula is C13H13N3. The zero-order valence-electron chi connectivity index (χ0n) is 9.36. The van der Waals surface area contributed by atoms with Crippen LogP contribution in [0.1, 0.15) is 11.1 Å². The lowest BCUT2D eigenvalue weighted by atomic mass is 10.1. The molecule has 0 atom stereocenters. The van der Waals surface area contributed by atoms with Crippen molar-refractivity contribution in [3.63, 3.8) is 0 Å². The van der Waals surface area contributed by atoms with Crippen molar-refractivity contribution in [3.05, 3.63) is 41.5 Å². The molecule has 2 N–H and O–H groups in total. The van der Waals surface area contributed by atoms with Crippen molar-refractivity contribution in [2.24, 2.45) is 7.05 Å². The average Bonchev–Trinajstić information content (AvgIpc) is 2.51. The van der Waals surface area contributed by atoms with Crippen LogP contribution in [0.4, 0.5) is 5.82 Å². The predicted octanol–water partition coefficient (Wildman–Crippen LogP) is 2.45. The SMILES string of the molecule is Cc1c(C#N)c(N)n(C)c1-c1ccccc1. The number of benzene rings is 1. The van der Waals surface area contributed by atoms with Crippen molar-refractivity contribution in [1.82, 2.24) is 4.57 Å². The summed E-state index contributed by atoms with van der Waals surface area (Å²) in [5, 5.41) is 9.04. The maximum absolute atomic E-state index is 9.04. The van der Waals surface area contributed by atoms with E-state index in [0.717, 1.165) is 16.8 Å². The Hall–Kier alpha value is -2.21. The summed E-state index contributed by atoms with van der Waals surface area (Å²) in [5.41, 5.74) is 9.49. The number of rotatable bonds is 1. The lowest BCUT2D eigenvalue weighted by Crippen LogP contribution is -1.98. The van der Waals surface area contributed by atoms with Crippen LogP contribution in [0.25, 0.3) is 11.3 Å². The van der Waals surface area contributed by atoms with E-state index in [0.29, 0.717) is 11.4 Å². The van der Waals surface area contributed by atoms with Crippen molar-refractivity contribution in [2.45, 2.75) is 6.92 Å². The molecule has 0 bridgehead atoms. The Labute approximate surface area is 94.7 Å². The van der Waals surface area contributed by atoms with E-state index in [2.05, 4.69) is 6.07 Å². The maximum atomic E-state index is 9.04. The molecule has 3 nitrogen and oxygen atoms in total. The van der Waals surface area contributed by atoms with Gasteiger partial charge in [0.15, 0.2) is 0 Å². The highest BCUT2D eigenvalue weighted by atomic mass is 15.0. The third kappa shape index (κ3) is 1.36. The quantitative estimate of drug-likeness (QED) is 0.787. The normalized spacial score (nSPS) is 10.1. The number of nitrogens with two attached hydrogens (primary N) is 1. The molecule has 3 heteroatoms. The summed E-state index contributed by atoms with van der Waals surface area (Å²) in [7, 11) is 1.88. The summed E-state index contributed by atoms with van der Waals surface area (Å²) in [5.74, 6) is 0.527. The van der Waals surface area contributed by atoms with Gasteiger partial charge in [-0.05, 0) is 18.1 Å². The van der Waals surface area contributed by atoms with E-state index < -0.39 is 0 Å². The lowest BCUT2D eigenvalue weighted by Gasteiger charge is -2.05. The number of hydrogen-bond acceptors (Lipinski definition) is 2. The molecule has 0 radical (unpaired) electrons. The fraction of sp³-hybridized carbons (Fsp3) is 0.154. The number of nitrogens with zero attached hydrogens (tertiary/aromatic N) is 2. The van der Waals surface area contributed by atoms with E-state index in [-0.39, 0.29) is 0 Å². The van der Waals surface area contributed by atoms with Gasteiger partial charge in [-0.3, -0.25) is 0 Å². The van der Waals surface area contributed by atoms with E-state index in [4.69, 9.17) is 11.0 Å². The van der Waals surface area contributed by atoms with Crippen LogP contribution in [0.3, 0.4) is 0 Å². The fourth-order valence-corrected chi connectivity index (χ4v) is 2.00. The highest BCUT2D eigenvalue weighted by Gasteiger charge is 2.16. The van der Waals surface area contributed by atoms with Crippen LogP contribution < -0.4 is 5.73 Å². The molecule has 0 amide bonds. The maximum Gasteiger partial charge on any atom is 0.122 e. The van der Waals surface area contributed by atoms with Gasteiger partial charge in [-0.2, -0.15) is 5.26 Å². The van der Waals surface area contributed by atoms with Crippen LogP contribution >= 0.6 is 0 Å². The zero-order valence-corrected chi connectivity index (χ0v) is 9.36. The first-order valence-corrected chi connectivity index (χ1v) is 5.07. The Morgan fingerprint density at radius 3 is 2.38 bits per heavy atom. The molecule has 80 valence electrons. The molecule has 2 aromatic rings. The van der Waals surface area contributed by atoms with Gasteiger partial charge in [-0.1, -0.05) is 30.3 Å². The minimum atomic E-state index is 0.527. The van der Waals surface area contributed by atoms with Crippen LogP contribution in [0.2, 0.25) is 0 Å². The Balaban J connectivity index is 2.73. The molecule has 0 aliphatic rings. The summed E-state index contributed by atoms with van der Waals surface area (Å²) in [6, 6.07) is 12.1. The number of aromatic nitrogens is 1. The molecule has 0 aliphatic heterocycles. The first kappa shape index (κ1) is 10.3. The van der Waals surface area contributed by atoms with Crippen LogP contribution in [-0.4, -0.2) is 4.57 Å². The molecule has 1 aromatic heterocycles. The van der Waals surface area contributed by atoms with Gasteiger partial charge in [0.25, 0.3) is 0 Å². The van der Waals surface area contributed by atoms with Gasteiger partial charge < -0.3 is 10.3 Å². The zero-order chi connectivity index (χ0) is 11.7. The van der Waals surface area contributed by atoms with Gasteiger partial charge in [0, 0.05) is 7.05 Å². The van der Waals surface area contributed by atoms with Crippen LogP contribution in [0, 0.1) is 18.3 Å². The summed E-state index contributed by atoms with van der Waals surface area (Å²) in [6.07, 6.45) is 0. The van der Waals surface area contributed by atoms with Crippen molar-refractivity contribution in [3.8, 4) is 17.3 Å². The number of nitriles is 1. The van der Waals surface area contributed by atoms with Gasteiger partial charge >= 0.3 is 0 Å². The molecule has 0 unspecified atom stereocenters. The number of nitrogen functional groups attached to an aromatic ring is 1. The highest BCUT2D eigenvalue weighted by molar-refractivity contribution is 5.73. The van der Waals surface area contributed by atoms with Crippen LogP contribution in [0.5, 0.6) is 0 Å². The van der Waals surface area contributed by atoms with E-state index in [9.17, 15) is 0 Å². The molecule has 16 heavy (non-hydrogen) atoms. The van der Waals surface area contributed by atoms with Crippen molar-refractivity contribution in [1.29, 1.82) is 5.26 Å². The van der Waals surface area contributed by atoms with E-state index >= 15 is 0 Å². The second kappa shape index (κ2) is 3.74. The monoisotopic (exact) mass is 211 g/mol. The molecule has 0 spiro atoms. The largest absolute Gasteiger partial charge is 0.384 e. The Kier molecular flexibility index (Phi) is 2.41. The standard InChI is InChI=1S/C13H13N3/c1-9-11(8-14)13(15)16(2)12(9)10-6-4-3-5-7-10/h3-7H,15H2,1-2H3. The Morgan fingerprint density at radius 2 is 1.88 bits per heavy atom. The second-order valence-corrected chi connectivity index (χ2v) is 3.77. The number of anilines is 1. The molecule has 0 aliphatic carbocycles. The minimum absolute atomic E-state index is 0.527. The predicted molar refractivity (Wildman–Crippen MR) is 64.7 cm³/mol. The Morgan fingerprint density at radius 1 is 1.25 bits per heavy atom. The van der Waals surface area contributed by atoms with Gasteiger partial charge in [-0.25, -0.2) is 0 Å². The van der Waals surface area contributed by atoms with E-state index in [1.54, 1.807) is 0 Å². The third-order valence-electron chi connectivity index (χ3n) is 2.84. The first-order valence-electron chi connectivity index (χ1n) is 5.07. The molecule has 1 aromatic carbocycles. The number of hydrogen-bond donors (Lipinski definition) is 1. The average molecular weight is 211 g/mol. The third-order valence-corrected chi connectivity index (χ3v) is 2.84. The first-order chi connectivity index (χ1) is 7.66. The molecule has 1 heterocycles. The van der Waals surface area contributed by atoms with Gasteiger partial charge in [-0.15, -0.1) is 0 Å². The van der Waals surface area contributed by atoms with Crippen molar-refractivity contribution in [2.75, 3.05) is 5.73 Å². The smallest absolute Gasteiger partial charge is 0.122 e. The van der Waals surface area contributed by atoms with Gasteiger partial charge in [0.1, 0.15) is 11.9 Å². The molecule has 2 rings (SSSR count). The van der Waals surface area contributed by atoms with Crippen molar-refractivity contribution >= 4 is 5.82 Å². The molecule has 0 fully saturated rings. The summed E-state index contributed by atoms with van der Waals surface area (Å²) in [4.78, 5) is 0. The highest BCUT2D eigenvalue weighted by Crippen LogP contribution is 2.31. The molecule has 0 saturated carbocycles. The second-order valence-electron chi connectivity index (χ2n) is 3.77. The topological polar surface area (TPSA) is 54.7 Å². The summed E-state index contributed by atoms with van der Waals surface area (Å²) >= 11 is 0. The van der Waals surface area contributed by atoms with Crippen LogP contribution in [-0.2, 0) is 7.05 Å². The van der Waals surface area contributed by atoms with Gasteiger partial charge in [0.2, 0.25) is 0 Å².